The van der Waals surface area contributed by atoms with Gasteiger partial charge in [0.15, 0.2) is 0 Å². The van der Waals surface area contributed by atoms with Crippen LogP contribution in [0, 0.1) is 0 Å². The molecule has 1 unspecified atom stereocenters. The minimum Gasteiger partial charge on any atom is -0.497 e. The molecule has 0 saturated carbocycles. The van der Waals surface area contributed by atoms with Crippen LogP contribution in [0.15, 0.2) is 52.3 Å². The van der Waals surface area contributed by atoms with Crippen molar-refractivity contribution in [2.24, 2.45) is 0 Å². The number of ether oxygens (including phenoxy) is 1. The smallest absolute Gasteiger partial charge is 0.352 e. The second-order valence-corrected chi connectivity index (χ2v) is 7.70. The van der Waals surface area contributed by atoms with E-state index >= 15 is 0 Å². The molecule has 22 heavy (non-hydrogen) atoms. The molecule has 0 aromatic heterocycles. The van der Waals surface area contributed by atoms with Gasteiger partial charge in [0, 0.05) is 17.5 Å². The van der Waals surface area contributed by atoms with E-state index in [2.05, 4.69) is 0 Å². The van der Waals surface area contributed by atoms with Gasteiger partial charge in [0.05, 0.1) is 28.0 Å². The predicted molar refractivity (Wildman–Crippen MR) is 81.1 cm³/mol. The van der Waals surface area contributed by atoms with Crippen LogP contribution in [0.2, 0.25) is 0 Å². The highest BCUT2D eigenvalue weighted by molar-refractivity contribution is 8.29. The van der Waals surface area contributed by atoms with Gasteiger partial charge in [0.2, 0.25) is 0 Å². The van der Waals surface area contributed by atoms with E-state index in [0.717, 1.165) is 9.79 Å². The topological polar surface area (TPSA) is 55.8 Å². The number of nitrogens with zero attached hydrogens (tertiary/aromatic N) is 1. The lowest BCUT2D eigenvalue weighted by Crippen LogP contribution is -2.23. The molecule has 0 N–H and O–H groups in total. The van der Waals surface area contributed by atoms with Crippen molar-refractivity contribution < 1.29 is 18.5 Å². The van der Waals surface area contributed by atoms with Crippen molar-refractivity contribution in [2.45, 2.75) is 9.79 Å². The first-order chi connectivity index (χ1) is 10.6. The van der Waals surface area contributed by atoms with E-state index in [4.69, 9.17) is 8.92 Å². The molecule has 0 bridgehead atoms. The zero-order valence-corrected chi connectivity index (χ0v) is 12.8. The van der Waals surface area contributed by atoms with E-state index in [0.29, 0.717) is 16.9 Å². The van der Waals surface area contributed by atoms with E-state index in [1.807, 2.05) is 24.3 Å². The maximum absolute atomic E-state index is 12.5. The number of hydrogen-bond acceptors (Lipinski definition) is 4. The lowest BCUT2D eigenvalue weighted by atomic mass is 10.2. The third kappa shape index (κ3) is 1.40. The number of hydrogen-bond donors (Lipinski definition) is 0. The molecule has 112 valence electrons. The van der Waals surface area contributed by atoms with Crippen molar-refractivity contribution in [1.82, 2.24) is 4.31 Å². The van der Waals surface area contributed by atoms with E-state index in [-0.39, 0.29) is 5.91 Å². The van der Waals surface area contributed by atoms with Crippen LogP contribution >= 0.6 is 10.5 Å². The van der Waals surface area contributed by atoms with Crippen molar-refractivity contribution >= 4 is 22.4 Å². The fraction of sp³-hybridized carbons (Fsp3) is 0.125. The minimum absolute atomic E-state index is 0.123. The number of rotatable bonds is 1. The van der Waals surface area contributed by atoms with Crippen LogP contribution in [0.3, 0.4) is 0 Å². The molecule has 2 aromatic rings. The summed E-state index contributed by atoms with van der Waals surface area (Å²) < 4.78 is 12.5. The van der Waals surface area contributed by atoms with E-state index in [9.17, 15) is 9.59 Å². The van der Waals surface area contributed by atoms with Crippen LogP contribution in [-0.4, -0.2) is 30.3 Å². The van der Waals surface area contributed by atoms with E-state index in [1.165, 1.54) is 0 Å². The van der Waals surface area contributed by atoms with Crippen molar-refractivity contribution in [2.75, 3.05) is 14.2 Å². The Kier molecular flexibility index (Phi) is 2.56. The molecule has 5 nitrogen and oxygen atoms in total. The molecule has 0 saturated heterocycles. The largest absolute Gasteiger partial charge is 0.497 e. The highest BCUT2D eigenvalue weighted by Gasteiger charge is 2.53. The Hall–Kier alpha value is -2.47. The van der Waals surface area contributed by atoms with Crippen LogP contribution in [0.4, 0.5) is 0 Å². The molecule has 1 amide bonds. The average molecular weight is 315 g/mol. The fourth-order valence-corrected chi connectivity index (χ4v) is 6.09. The summed E-state index contributed by atoms with van der Waals surface area (Å²) in [7, 11) is 0.964. The Bertz CT molecular complexity index is 835. The molecule has 6 heteroatoms. The SMILES string of the molecule is COc1ccc2c(c1)C(=O)OS21c2ccccc2C(=O)N1C. The summed E-state index contributed by atoms with van der Waals surface area (Å²) in [4.78, 5) is 26.4. The van der Waals surface area contributed by atoms with Gasteiger partial charge in [-0.15, -0.1) is 0 Å². The van der Waals surface area contributed by atoms with Crippen LogP contribution in [-0.2, 0) is 4.18 Å². The molecular weight excluding hydrogens is 302 g/mol. The lowest BCUT2D eigenvalue weighted by molar-refractivity contribution is 0.0760. The predicted octanol–water partition coefficient (Wildman–Crippen LogP) is 3.00. The molecule has 2 aromatic carbocycles. The second-order valence-electron chi connectivity index (χ2n) is 5.06. The van der Waals surface area contributed by atoms with Gasteiger partial charge in [-0.3, -0.25) is 9.10 Å². The Morgan fingerprint density at radius 2 is 1.77 bits per heavy atom. The standard InChI is InChI=1S/C16H13NO4S/c1-17-15(18)11-5-3-4-6-13(11)22(17)14-8-7-10(20-2)9-12(14)16(19)21-22/h3-9H,1-2H3. The van der Waals surface area contributed by atoms with Gasteiger partial charge in [-0.25, -0.2) is 4.79 Å². The van der Waals surface area contributed by atoms with Crippen molar-refractivity contribution in [3.05, 3.63) is 53.6 Å². The van der Waals surface area contributed by atoms with Gasteiger partial charge in [0.25, 0.3) is 5.91 Å². The zero-order valence-electron chi connectivity index (χ0n) is 12.0. The van der Waals surface area contributed by atoms with Crippen LogP contribution < -0.4 is 4.74 Å². The van der Waals surface area contributed by atoms with Gasteiger partial charge >= 0.3 is 5.97 Å². The van der Waals surface area contributed by atoms with Gasteiger partial charge < -0.3 is 8.92 Å². The van der Waals surface area contributed by atoms with Gasteiger partial charge in [-0.1, -0.05) is 12.1 Å². The Labute approximate surface area is 129 Å². The highest BCUT2D eigenvalue weighted by Crippen LogP contribution is 2.73. The average Bonchev–Trinajstić information content (AvgIpc) is 2.96. The van der Waals surface area contributed by atoms with E-state index < -0.39 is 16.5 Å². The normalized spacial score (nSPS) is 24.7. The van der Waals surface area contributed by atoms with Crippen molar-refractivity contribution in [3.8, 4) is 5.75 Å². The third-order valence-corrected chi connectivity index (χ3v) is 7.22. The second kappa shape index (κ2) is 4.27. The molecule has 2 aliphatic heterocycles. The summed E-state index contributed by atoms with van der Waals surface area (Å²) in [6.45, 7) is 0. The zero-order chi connectivity index (χ0) is 15.5. The van der Waals surface area contributed by atoms with E-state index in [1.54, 1.807) is 36.7 Å². The number of amides is 1. The minimum atomic E-state index is -2.27. The molecule has 1 atom stereocenters. The molecule has 2 aliphatic rings. The summed E-state index contributed by atoms with van der Waals surface area (Å²) in [5.41, 5.74) is 1.06. The molecule has 0 radical (unpaired) electrons. The Morgan fingerprint density at radius 3 is 2.55 bits per heavy atom. The number of benzene rings is 2. The monoisotopic (exact) mass is 315 g/mol. The summed E-state index contributed by atoms with van der Waals surface area (Å²) in [5.74, 6) is 0.0507. The van der Waals surface area contributed by atoms with Crippen LogP contribution in [0.5, 0.6) is 5.75 Å². The number of carbonyl (C=O) groups excluding carboxylic acids is 2. The van der Waals surface area contributed by atoms with Crippen LogP contribution in [0.1, 0.15) is 20.7 Å². The van der Waals surface area contributed by atoms with Gasteiger partial charge in [-0.05, 0) is 30.3 Å². The fourth-order valence-electron chi connectivity index (χ4n) is 2.92. The highest BCUT2D eigenvalue weighted by atomic mass is 32.3. The Morgan fingerprint density at radius 1 is 1.05 bits per heavy atom. The first-order valence-corrected chi connectivity index (χ1v) is 8.23. The number of carbonyl (C=O) groups is 2. The first kappa shape index (κ1) is 13.2. The first-order valence-electron chi connectivity index (χ1n) is 6.72. The van der Waals surface area contributed by atoms with Gasteiger partial charge in [-0.2, -0.15) is 0 Å². The molecule has 0 fully saturated rings. The van der Waals surface area contributed by atoms with Gasteiger partial charge in [0.1, 0.15) is 5.75 Å². The summed E-state index contributed by atoms with van der Waals surface area (Å²) in [5, 5.41) is 0. The third-order valence-electron chi connectivity index (χ3n) is 3.99. The molecule has 2 heterocycles. The lowest BCUT2D eigenvalue weighted by Gasteiger charge is -2.36. The van der Waals surface area contributed by atoms with Crippen LogP contribution in [0.25, 0.3) is 0 Å². The molecule has 4 rings (SSSR count). The number of fused-ring (bicyclic) bond motifs is 4. The summed E-state index contributed by atoms with van der Waals surface area (Å²) in [6, 6.07) is 12.6. The quantitative estimate of drug-likeness (QED) is 0.812. The molecule has 1 spiro atoms. The molecular formula is C16H13NO4S. The van der Waals surface area contributed by atoms with Crippen molar-refractivity contribution in [1.29, 1.82) is 0 Å². The maximum Gasteiger partial charge on any atom is 0.352 e. The number of methoxy groups -OCH3 is 1. The maximum atomic E-state index is 12.5. The Balaban J connectivity index is 2.02. The van der Waals surface area contributed by atoms with Crippen molar-refractivity contribution in [3.63, 3.8) is 0 Å². The molecule has 0 aliphatic carbocycles. The summed E-state index contributed by atoms with van der Waals surface area (Å²) >= 11 is 0. The summed E-state index contributed by atoms with van der Waals surface area (Å²) in [6.07, 6.45) is 0.